The summed E-state index contributed by atoms with van der Waals surface area (Å²) in [6.45, 7) is 9.26. The molecule has 1 rings (SSSR count). The monoisotopic (exact) mass is 313 g/mol. The van der Waals surface area contributed by atoms with Gasteiger partial charge in [0.15, 0.2) is 0 Å². The molecular formula is C15H24ClN3O2. The summed E-state index contributed by atoms with van der Waals surface area (Å²) in [7, 11) is 1.51. The quantitative estimate of drug-likeness (QED) is 0.758. The molecule has 0 aromatic heterocycles. The summed E-state index contributed by atoms with van der Waals surface area (Å²) in [5.41, 5.74) is 7.27. The minimum Gasteiger partial charge on any atom is -0.496 e. The van der Waals surface area contributed by atoms with Crippen molar-refractivity contribution in [3.63, 3.8) is 0 Å². The van der Waals surface area contributed by atoms with Crippen molar-refractivity contribution in [2.24, 2.45) is 0 Å². The van der Waals surface area contributed by atoms with Crippen LogP contribution in [0.15, 0.2) is 6.07 Å². The third-order valence-electron chi connectivity index (χ3n) is 3.55. The molecule has 21 heavy (non-hydrogen) atoms. The molecule has 0 aliphatic heterocycles. The Hall–Kier alpha value is -1.46. The van der Waals surface area contributed by atoms with Crippen LogP contribution < -0.4 is 15.8 Å². The van der Waals surface area contributed by atoms with Gasteiger partial charge >= 0.3 is 0 Å². The smallest absolute Gasteiger partial charge is 0.255 e. The highest BCUT2D eigenvalue weighted by atomic mass is 35.5. The van der Waals surface area contributed by atoms with Gasteiger partial charge < -0.3 is 20.7 Å². The van der Waals surface area contributed by atoms with Gasteiger partial charge in [-0.2, -0.15) is 0 Å². The fourth-order valence-electron chi connectivity index (χ4n) is 2.19. The minimum absolute atomic E-state index is 0.196. The Balaban J connectivity index is 2.85. The molecule has 1 aromatic carbocycles. The Morgan fingerprint density at radius 2 is 2.05 bits per heavy atom. The van der Waals surface area contributed by atoms with E-state index in [1.54, 1.807) is 13.0 Å². The van der Waals surface area contributed by atoms with Crippen LogP contribution in [-0.2, 0) is 0 Å². The van der Waals surface area contributed by atoms with Gasteiger partial charge in [0, 0.05) is 19.2 Å². The van der Waals surface area contributed by atoms with Gasteiger partial charge in [-0.25, -0.2) is 0 Å². The Labute approximate surface area is 131 Å². The van der Waals surface area contributed by atoms with Crippen molar-refractivity contribution in [1.29, 1.82) is 0 Å². The molecular weight excluding hydrogens is 290 g/mol. The summed E-state index contributed by atoms with van der Waals surface area (Å²) >= 11 is 6.12. The summed E-state index contributed by atoms with van der Waals surface area (Å²) in [6.07, 6.45) is 0. The summed E-state index contributed by atoms with van der Waals surface area (Å²) in [4.78, 5) is 14.6. The molecule has 0 heterocycles. The number of nitrogen functional groups attached to an aromatic ring is 1. The molecule has 0 unspecified atom stereocenters. The van der Waals surface area contributed by atoms with E-state index in [9.17, 15) is 4.79 Å². The fraction of sp³-hybridized carbons (Fsp3) is 0.533. The number of likely N-dealkylation sites (N-methyl/N-ethyl adjacent to an activating group) is 1. The minimum atomic E-state index is -0.196. The number of hydrogen-bond acceptors (Lipinski definition) is 4. The number of rotatable bonds is 7. The molecule has 0 atom stereocenters. The zero-order chi connectivity index (χ0) is 16.0. The first-order valence-corrected chi connectivity index (χ1v) is 7.47. The zero-order valence-corrected chi connectivity index (χ0v) is 13.9. The number of carbonyl (C=O) groups is 1. The molecule has 0 saturated carbocycles. The van der Waals surface area contributed by atoms with Crippen molar-refractivity contribution < 1.29 is 9.53 Å². The normalized spacial score (nSPS) is 10.8. The SMILES string of the molecule is CCN(CC)CCNC(=O)c1c(OC)cc(N)c(Cl)c1C. The van der Waals surface area contributed by atoms with E-state index in [-0.39, 0.29) is 5.91 Å². The third kappa shape index (κ3) is 4.25. The van der Waals surface area contributed by atoms with Crippen LogP contribution in [0.4, 0.5) is 5.69 Å². The van der Waals surface area contributed by atoms with Gasteiger partial charge in [-0.3, -0.25) is 4.79 Å². The lowest BCUT2D eigenvalue weighted by Gasteiger charge is -2.19. The summed E-state index contributed by atoms with van der Waals surface area (Å²) in [5, 5.41) is 3.29. The molecule has 0 saturated heterocycles. The van der Waals surface area contributed by atoms with Crippen LogP contribution in [-0.4, -0.2) is 44.1 Å². The lowest BCUT2D eigenvalue weighted by atomic mass is 10.1. The molecule has 1 aromatic rings. The van der Waals surface area contributed by atoms with E-state index >= 15 is 0 Å². The average Bonchev–Trinajstić information content (AvgIpc) is 2.48. The zero-order valence-electron chi connectivity index (χ0n) is 13.1. The number of ether oxygens (including phenoxy) is 1. The van der Waals surface area contributed by atoms with Crippen molar-refractivity contribution in [1.82, 2.24) is 10.2 Å². The van der Waals surface area contributed by atoms with Gasteiger partial charge in [0.1, 0.15) is 5.75 Å². The van der Waals surface area contributed by atoms with Crippen molar-refractivity contribution in [2.45, 2.75) is 20.8 Å². The molecule has 0 spiro atoms. The number of amides is 1. The van der Waals surface area contributed by atoms with Gasteiger partial charge in [0.25, 0.3) is 5.91 Å². The number of halogens is 1. The van der Waals surface area contributed by atoms with Crippen LogP contribution in [0, 0.1) is 6.92 Å². The highest BCUT2D eigenvalue weighted by Gasteiger charge is 2.19. The summed E-state index contributed by atoms with van der Waals surface area (Å²) in [5.74, 6) is 0.244. The van der Waals surface area contributed by atoms with E-state index < -0.39 is 0 Å². The number of nitrogens with one attached hydrogen (secondary N) is 1. The number of nitrogens with zero attached hydrogens (tertiary/aromatic N) is 1. The average molecular weight is 314 g/mol. The van der Waals surface area contributed by atoms with E-state index in [0.717, 1.165) is 19.6 Å². The maximum Gasteiger partial charge on any atom is 0.255 e. The Morgan fingerprint density at radius 1 is 1.43 bits per heavy atom. The molecule has 5 nitrogen and oxygen atoms in total. The highest BCUT2D eigenvalue weighted by molar-refractivity contribution is 6.34. The number of anilines is 1. The lowest BCUT2D eigenvalue weighted by Crippen LogP contribution is -2.35. The van der Waals surface area contributed by atoms with E-state index in [1.807, 2.05) is 0 Å². The topological polar surface area (TPSA) is 67.6 Å². The molecule has 0 bridgehead atoms. The van der Waals surface area contributed by atoms with E-state index in [2.05, 4.69) is 24.1 Å². The van der Waals surface area contributed by atoms with Crippen LogP contribution >= 0.6 is 11.6 Å². The Morgan fingerprint density at radius 3 is 2.57 bits per heavy atom. The van der Waals surface area contributed by atoms with Crippen LogP contribution in [0.2, 0.25) is 5.02 Å². The first-order valence-electron chi connectivity index (χ1n) is 7.09. The van der Waals surface area contributed by atoms with Crippen LogP contribution in [0.3, 0.4) is 0 Å². The lowest BCUT2D eigenvalue weighted by molar-refractivity contribution is 0.0945. The first-order chi connectivity index (χ1) is 9.96. The number of carbonyl (C=O) groups excluding carboxylic acids is 1. The largest absolute Gasteiger partial charge is 0.496 e. The molecule has 0 aliphatic rings. The Bertz CT molecular complexity index is 502. The number of methoxy groups -OCH3 is 1. The number of benzene rings is 1. The third-order valence-corrected chi connectivity index (χ3v) is 4.05. The number of hydrogen-bond donors (Lipinski definition) is 2. The molecule has 3 N–H and O–H groups in total. The van der Waals surface area contributed by atoms with E-state index in [0.29, 0.717) is 34.1 Å². The van der Waals surface area contributed by atoms with Gasteiger partial charge in [-0.15, -0.1) is 0 Å². The van der Waals surface area contributed by atoms with E-state index in [1.165, 1.54) is 7.11 Å². The van der Waals surface area contributed by atoms with Crippen LogP contribution in [0.25, 0.3) is 0 Å². The fourth-order valence-corrected chi connectivity index (χ4v) is 2.34. The molecule has 0 aliphatic carbocycles. The maximum absolute atomic E-state index is 12.4. The van der Waals surface area contributed by atoms with E-state index in [4.69, 9.17) is 22.1 Å². The molecule has 118 valence electrons. The van der Waals surface area contributed by atoms with Crippen molar-refractivity contribution >= 4 is 23.2 Å². The molecule has 6 heteroatoms. The molecule has 0 radical (unpaired) electrons. The van der Waals surface area contributed by atoms with Crippen molar-refractivity contribution in [3.8, 4) is 5.75 Å². The second kappa shape index (κ2) is 8.10. The predicted molar refractivity (Wildman–Crippen MR) is 87.3 cm³/mol. The van der Waals surface area contributed by atoms with Crippen molar-refractivity contribution in [3.05, 3.63) is 22.2 Å². The summed E-state index contributed by atoms with van der Waals surface area (Å²) < 4.78 is 5.24. The van der Waals surface area contributed by atoms with Crippen LogP contribution in [0.5, 0.6) is 5.75 Å². The Kier molecular flexibility index (Phi) is 6.78. The first kappa shape index (κ1) is 17.6. The number of nitrogens with two attached hydrogens (primary N) is 1. The summed E-state index contributed by atoms with van der Waals surface area (Å²) in [6, 6.07) is 1.58. The second-order valence-electron chi connectivity index (χ2n) is 4.76. The molecule has 1 amide bonds. The van der Waals surface area contributed by atoms with Crippen molar-refractivity contribution in [2.75, 3.05) is 39.0 Å². The van der Waals surface area contributed by atoms with Gasteiger partial charge in [0.05, 0.1) is 23.4 Å². The highest BCUT2D eigenvalue weighted by Crippen LogP contribution is 2.33. The standard InChI is InChI=1S/C15H24ClN3O2/c1-5-19(6-2)8-7-18-15(20)13-10(3)14(16)11(17)9-12(13)21-4/h9H,5-8,17H2,1-4H3,(H,18,20). The van der Waals surface area contributed by atoms with Crippen LogP contribution in [0.1, 0.15) is 29.8 Å². The maximum atomic E-state index is 12.4. The molecule has 0 fully saturated rings. The second-order valence-corrected chi connectivity index (χ2v) is 5.14. The van der Waals surface area contributed by atoms with Gasteiger partial charge in [-0.1, -0.05) is 25.4 Å². The van der Waals surface area contributed by atoms with Gasteiger partial charge in [0.2, 0.25) is 0 Å². The predicted octanol–water partition coefficient (Wildman–Crippen LogP) is 2.31. The van der Waals surface area contributed by atoms with Gasteiger partial charge in [-0.05, 0) is 25.6 Å².